The van der Waals surface area contributed by atoms with Crippen molar-refractivity contribution in [1.82, 2.24) is 5.32 Å². The molecule has 0 aliphatic heterocycles. The van der Waals surface area contributed by atoms with E-state index in [0.717, 1.165) is 18.5 Å². The SMILES string of the molecule is CNCCC(OC)c1ccc(O)c(O)c1. The number of rotatable bonds is 5. The van der Waals surface area contributed by atoms with Gasteiger partial charge in [0.15, 0.2) is 11.5 Å². The first kappa shape index (κ1) is 11.8. The summed E-state index contributed by atoms with van der Waals surface area (Å²) in [4.78, 5) is 0. The normalized spacial score (nSPS) is 12.7. The number of phenols is 2. The van der Waals surface area contributed by atoms with Crippen LogP contribution in [-0.2, 0) is 4.74 Å². The maximum absolute atomic E-state index is 9.35. The van der Waals surface area contributed by atoms with Gasteiger partial charge in [-0.1, -0.05) is 6.07 Å². The van der Waals surface area contributed by atoms with Crippen molar-refractivity contribution in [2.75, 3.05) is 20.7 Å². The summed E-state index contributed by atoms with van der Waals surface area (Å²) in [7, 11) is 3.51. The number of benzene rings is 1. The Morgan fingerprint density at radius 2 is 2.07 bits per heavy atom. The highest BCUT2D eigenvalue weighted by molar-refractivity contribution is 5.41. The Hall–Kier alpha value is -1.26. The Morgan fingerprint density at radius 1 is 1.33 bits per heavy atom. The van der Waals surface area contributed by atoms with E-state index in [2.05, 4.69) is 5.32 Å². The molecule has 4 nitrogen and oxygen atoms in total. The predicted octanol–water partition coefficient (Wildman–Crippen LogP) is 1.39. The maximum atomic E-state index is 9.35. The summed E-state index contributed by atoms with van der Waals surface area (Å²) in [6.45, 7) is 0.833. The number of methoxy groups -OCH3 is 1. The summed E-state index contributed by atoms with van der Waals surface area (Å²) in [5.74, 6) is -0.221. The van der Waals surface area contributed by atoms with Gasteiger partial charge in [0.25, 0.3) is 0 Å². The maximum Gasteiger partial charge on any atom is 0.157 e. The van der Waals surface area contributed by atoms with Crippen LogP contribution in [0.3, 0.4) is 0 Å². The van der Waals surface area contributed by atoms with E-state index in [1.165, 1.54) is 12.1 Å². The molecule has 1 aromatic carbocycles. The largest absolute Gasteiger partial charge is 0.504 e. The lowest BCUT2D eigenvalue weighted by atomic mass is 10.1. The monoisotopic (exact) mass is 211 g/mol. The molecule has 0 radical (unpaired) electrons. The summed E-state index contributed by atoms with van der Waals surface area (Å²) in [5, 5.41) is 21.6. The molecule has 1 aromatic rings. The first-order chi connectivity index (χ1) is 7.19. The minimum Gasteiger partial charge on any atom is -0.504 e. The number of hydrogen-bond donors (Lipinski definition) is 3. The van der Waals surface area contributed by atoms with E-state index < -0.39 is 0 Å². The molecule has 0 bridgehead atoms. The molecular formula is C11H17NO3. The first-order valence-electron chi connectivity index (χ1n) is 4.88. The summed E-state index contributed by atoms with van der Waals surface area (Å²) >= 11 is 0. The first-order valence-corrected chi connectivity index (χ1v) is 4.88. The predicted molar refractivity (Wildman–Crippen MR) is 58.1 cm³/mol. The van der Waals surface area contributed by atoms with Crippen molar-refractivity contribution in [2.24, 2.45) is 0 Å². The molecule has 0 amide bonds. The van der Waals surface area contributed by atoms with Crippen LogP contribution in [0, 0.1) is 0 Å². The van der Waals surface area contributed by atoms with Crippen molar-refractivity contribution in [3.8, 4) is 11.5 Å². The van der Waals surface area contributed by atoms with Crippen LogP contribution in [-0.4, -0.2) is 30.9 Å². The van der Waals surface area contributed by atoms with Crippen LogP contribution in [0.4, 0.5) is 0 Å². The van der Waals surface area contributed by atoms with Crippen LogP contribution < -0.4 is 5.32 Å². The van der Waals surface area contributed by atoms with Crippen LogP contribution in [0.1, 0.15) is 18.1 Å². The molecule has 0 aliphatic rings. The molecule has 0 spiro atoms. The van der Waals surface area contributed by atoms with Crippen molar-refractivity contribution >= 4 is 0 Å². The van der Waals surface area contributed by atoms with Gasteiger partial charge in [-0.3, -0.25) is 0 Å². The Balaban J connectivity index is 2.78. The zero-order chi connectivity index (χ0) is 11.3. The molecule has 0 aliphatic carbocycles. The van der Waals surface area contributed by atoms with Gasteiger partial charge >= 0.3 is 0 Å². The van der Waals surface area contributed by atoms with E-state index in [1.807, 2.05) is 7.05 Å². The fourth-order valence-corrected chi connectivity index (χ4v) is 1.44. The second-order valence-electron chi connectivity index (χ2n) is 3.36. The highest BCUT2D eigenvalue weighted by Crippen LogP contribution is 2.29. The number of phenolic OH excluding ortho intramolecular Hbond substituents is 2. The second kappa shape index (κ2) is 5.58. The zero-order valence-electron chi connectivity index (χ0n) is 9.03. The molecule has 4 heteroatoms. The van der Waals surface area contributed by atoms with Gasteiger partial charge in [-0.25, -0.2) is 0 Å². The van der Waals surface area contributed by atoms with E-state index in [1.54, 1.807) is 13.2 Å². The van der Waals surface area contributed by atoms with E-state index in [-0.39, 0.29) is 17.6 Å². The Kier molecular flexibility index (Phi) is 4.39. The van der Waals surface area contributed by atoms with E-state index >= 15 is 0 Å². The second-order valence-corrected chi connectivity index (χ2v) is 3.36. The minimum absolute atomic E-state index is 0.0658. The van der Waals surface area contributed by atoms with Crippen molar-refractivity contribution in [1.29, 1.82) is 0 Å². The van der Waals surface area contributed by atoms with E-state index in [0.29, 0.717) is 0 Å². The van der Waals surface area contributed by atoms with Crippen LogP contribution in [0.15, 0.2) is 18.2 Å². The summed E-state index contributed by atoms with van der Waals surface area (Å²) in [6, 6.07) is 4.74. The topological polar surface area (TPSA) is 61.7 Å². The quantitative estimate of drug-likeness (QED) is 0.644. The molecule has 0 aromatic heterocycles. The average molecular weight is 211 g/mol. The number of nitrogens with one attached hydrogen (secondary N) is 1. The molecule has 0 heterocycles. The third-order valence-electron chi connectivity index (χ3n) is 2.31. The van der Waals surface area contributed by atoms with Crippen LogP contribution in [0.2, 0.25) is 0 Å². The van der Waals surface area contributed by atoms with E-state index in [4.69, 9.17) is 4.74 Å². The Labute approximate surface area is 89.5 Å². The van der Waals surface area contributed by atoms with Gasteiger partial charge in [-0.15, -0.1) is 0 Å². The summed E-state index contributed by atoms with van der Waals surface area (Å²) in [6.07, 6.45) is 0.751. The minimum atomic E-state index is -0.112. The Bertz CT molecular complexity index is 315. The number of aromatic hydroxyl groups is 2. The number of ether oxygens (including phenoxy) is 1. The van der Waals surface area contributed by atoms with Crippen molar-refractivity contribution in [3.63, 3.8) is 0 Å². The Morgan fingerprint density at radius 3 is 2.60 bits per heavy atom. The molecule has 1 rings (SSSR count). The van der Waals surface area contributed by atoms with Gasteiger partial charge in [0.05, 0.1) is 6.10 Å². The third-order valence-corrected chi connectivity index (χ3v) is 2.31. The smallest absolute Gasteiger partial charge is 0.157 e. The summed E-state index contributed by atoms with van der Waals surface area (Å²) in [5.41, 5.74) is 0.864. The van der Waals surface area contributed by atoms with Gasteiger partial charge in [-0.2, -0.15) is 0 Å². The lowest BCUT2D eigenvalue weighted by Gasteiger charge is -2.15. The summed E-state index contributed by atoms with van der Waals surface area (Å²) < 4.78 is 5.30. The van der Waals surface area contributed by atoms with Crippen molar-refractivity contribution in [3.05, 3.63) is 23.8 Å². The van der Waals surface area contributed by atoms with Gasteiger partial charge in [0.2, 0.25) is 0 Å². The molecule has 0 fully saturated rings. The van der Waals surface area contributed by atoms with Crippen LogP contribution in [0.5, 0.6) is 11.5 Å². The van der Waals surface area contributed by atoms with Crippen LogP contribution in [0.25, 0.3) is 0 Å². The van der Waals surface area contributed by atoms with Gasteiger partial charge in [0.1, 0.15) is 0 Å². The molecule has 84 valence electrons. The van der Waals surface area contributed by atoms with E-state index in [9.17, 15) is 10.2 Å². The fraction of sp³-hybridized carbons (Fsp3) is 0.455. The van der Waals surface area contributed by atoms with Crippen molar-refractivity contribution in [2.45, 2.75) is 12.5 Å². The van der Waals surface area contributed by atoms with Gasteiger partial charge in [0, 0.05) is 7.11 Å². The molecule has 0 saturated heterocycles. The average Bonchev–Trinajstić information content (AvgIpc) is 2.24. The lowest BCUT2D eigenvalue weighted by molar-refractivity contribution is 0.0959. The van der Waals surface area contributed by atoms with Gasteiger partial charge < -0.3 is 20.3 Å². The highest BCUT2D eigenvalue weighted by atomic mass is 16.5. The third kappa shape index (κ3) is 3.11. The molecule has 3 N–H and O–H groups in total. The fourth-order valence-electron chi connectivity index (χ4n) is 1.44. The molecular weight excluding hydrogens is 194 g/mol. The standard InChI is InChI=1S/C11H17NO3/c1-12-6-5-11(15-2)8-3-4-9(13)10(14)7-8/h3-4,7,11-14H,5-6H2,1-2H3. The zero-order valence-corrected chi connectivity index (χ0v) is 9.03. The van der Waals surface area contributed by atoms with Gasteiger partial charge in [-0.05, 0) is 37.7 Å². The molecule has 1 atom stereocenters. The molecule has 15 heavy (non-hydrogen) atoms. The van der Waals surface area contributed by atoms with Crippen LogP contribution >= 0.6 is 0 Å². The molecule has 1 unspecified atom stereocenters. The highest BCUT2D eigenvalue weighted by Gasteiger charge is 2.11. The number of hydrogen-bond acceptors (Lipinski definition) is 4. The lowest BCUT2D eigenvalue weighted by Crippen LogP contribution is -2.13. The molecule has 0 saturated carbocycles. The van der Waals surface area contributed by atoms with Crippen molar-refractivity contribution < 1.29 is 14.9 Å².